The van der Waals surface area contributed by atoms with Crippen LogP contribution in [-0.4, -0.2) is 49.8 Å². The highest BCUT2D eigenvalue weighted by Gasteiger charge is 2.36. The monoisotopic (exact) mass is 277 g/mol. The Morgan fingerprint density at radius 2 is 2.21 bits per heavy atom. The van der Waals surface area contributed by atoms with Gasteiger partial charge in [0.15, 0.2) is 5.69 Å². The molecule has 1 atom stereocenters. The summed E-state index contributed by atoms with van der Waals surface area (Å²) in [6, 6.07) is 6.52. The summed E-state index contributed by atoms with van der Waals surface area (Å²) in [5.74, 6) is -0.506. The van der Waals surface area contributed by atoms with E-state index in [0.717, 1.165) is 5.52 Å². The van der Waals surface area contributed by atoms with Crippen LogP contribution in [0.3, 0.4) is 0 Å². The first kappa shape index (κ1) is 12.0. The molecule has 1 fully saturated rings. The third-order valence-corrected chi connectivity index (χ3v) is 4.11. The van der Waals surface area contributed by atoms with Gasteiger partial charge in [-0.1, -0.05) is 18.2 Å². The topological polar surface area (TPSA) is 86.3 Å². The lowest BCUT2D eigenvalue weighted by molar-refractivity contribution is -0.140. The second-order valence-electron chi connectivity index (χ2n) is 4.25. The molecule has 0 aliphatic carbocycles. The summed E-state index contributed by atoms with van der Waals surface area (Å²) in [7, 11) is 0. The van der Waals surface area contributed by atoms with Crippen LogP contribution in [0, 0.1) is 0 Å². The lowest BCUT2D eigenvalue weighted by Gasteiger charge is -2.19. The summed E-state index contributed by atoms with van der Waals surface area (Å²) in [6.45, 7) is 0. The number of carbonyl (C=O) groups is 2. The fraction of sp³-hybridized carbons (Fsp3) is 0.250. The molecule has 1 aromatic carbocycles. The first-order valence-electron chi connectivity index (χ1n) is 5.73. The standard InChI is InChI=1S/C12H11N3O3S/c16-11(15-6-19-5-9(15)12(17)18)10-7-3-1-2-4-8(7)13-14-10/h1-4,9H,5-6H2,(H,13,14)(H,17,18). The molecule has 2 aromatic rings. The Kier molecular flexibility index (Phi) is 2.90. The average molecular weight is 277 g/mol. The summed E-state index contributed by atoms with van der Waals surface area (Å²) < 4.78 is 0. The van der Waals surface area contributed by atoms with E-state index in [1.807, 2.05) is 18.2 Å². The van der Waals surface area contributed by atoms with Crippen LogP contribution in [0.1, 0.15) is 10.5 Å². The zero-order valence-electron chi connectivity index (χ0n) is 9.87. The number of fused-ring (bicyclic) bond motifs is 1. The summed E-state index contributed by atoms with van der Waals surface area (Å²) in [6.07, 6.45) is 0. The molecule has 1 saturated heterocycles. The SMILES string of the molecule is O=C(O)C1CSCN1C(=O)c1n[nH]c2ccccc12. The largest absolute Gasteiger partial charge is 0.480 e. The van der Waals surface area contributed by atoms with E-state index < -0.39 is 12.0 Å². The van der Waals surface area contributed by atoms with Gasteiger partial charge in [-0.3, -0.25) is 9.89 Å². The highest BCUT2D eigenvalue weighted by atomic mass is 32.2. The molecule has 3 rings (SSSR count). The van der Waals surface area contributed by atoms with Gasteiger partial charge in [0.2, 0.25) is 0 Å². The number of rotatable bonds is 2. The lowest BCUT2D eigenvalue weighted by atomic mass is 10.2. The van der Waals surface area contributed by atoms with Crippen molar-refractivity contribution < 1.29 is 14.7 Å². The normalized spacial score (nSPS) is 18.9. The van der Waals surface area contributed by atoms with Crippen LogP contribution in [-0.2, 0) is 4.79 Å². The number of aromatic amines is 1. The Balaban J connectivity index is 1.98. The van der Waals surface area contributed by atoms with Crippen molar-refractivity contribution >= 4 is 34.5 Å². The molecular weight excluding hydrogens is 266 g/mol. The Hall–Kier alpha value is -2.02. The summed E-state index contributed by atoms with van der Waals surface area (Å²) >= 11 is 1.44. The van der Waals surface area contributed by atoms with Crippen molar-refractivity contribution in [3.63, 3.8) is 0 Å². The van der Waals surface area contributed by atoms with Crippen molar-refractivity contribution in [1.82, 2.24) is 15.1 Å². The van der Waals surface area contributed by atoms with E-state index in [4.69, 9.17) is 5.11 Å². The van der Waals surface area contributed by atoms with Crippen LogP contribution >= 0.6 is 11.8 Å². The van der Waals surface area contributed by atoms with Gasteiger partial charge in [0, 0.05) is 11.1 Å². The van der Waals surface area contributed by atoms with Gasteiger partial charge in [-0.05, 0) is 6.07 Å². The Morgan fingerprint density at radius 3 is 3.00 bits per heavy atom. The first-order valence-corrected chi connectivity index (χ1v) is 6.88. The second-order valence-corrected chi connectivity index (χ2v) is 5.25. The number of carbonyl (C=O) groups excluding carboxylic acids is 1. The molecule has 0 bridgehead atoms. The molecule has 1 aliphatic rings. The predicted molar refractivity (Wildman–Crippen MR) is 71.0 cm³/mol. The number of nitrogens with one attached hydrogen (secondary N) is 1. The van der Waals surface area contributed by atoms with Gasteiger partial charge >= 0.3 is 5.97 Å². The maximum absolute atomic E-state index is 12.4. The highest BCUT2D eigenvalue weighted by Crippen LogP contribution is 2.25. The number of nitrogens with zero attached hydrogens (tertiary/aromatic N) is 2. The molecule has 2 N–H and O–H groups in total. The fourth-order valence-electron chi connectivity index (χ4n) is 2.11. The van der Waals surface area contributed by atoms with Gasteiger partial charge in [-0.2, -0.15) is 5.10 Å². The van der Waals surface area contributed by atoms with E-state index in [2.05, 4.69) is 10.2 Å². The lowest BCUT2D eigenvalue weighted by Crippen LogP contribution is -2.41. The summed E-state index contributed by atoms with van der Waals surface area (Å²) in [5.41, 5.74) is 1.05. The van der Waals surface area contributed by atoms with Gasteiger partial charge in [0.1, 0.15) is 6.04 Å². The van der Waals surface area contributed by atoms with E-state index in [-0.39, 0.29) is 11.6 Å². The molecule has 2 heterocycles. The molecule has 7 heteroatoms. The number of amides is 1. The molecule has 0 radical (unpaired) electrons. The van der Waals surface area contributed by atoms with Crippen LogP contribution < -0.4 is 0 Å². The Morgan fingerprint density at radius 1 is 1.42 bits per heavy atom. The summed E-state index contributed by atoms with van der Waals surface area (Å²) in [5, 5.41) is 16.6. The Bertz CT molecular complexity index is 654. The van der Waals surface area contributed by atoms with Crippen molar-refractivity contribution in [2.75, 3.05) is 11.6 Å². The third kappa shape index (κ3) is 1.95. The molecule has 1 aromatic heterocycles. The second kappa shape index (κ2) is 4.58. The maximum atomic E-state index is 12.4. The molecule has 0 spiro atoms. The van der Waals surface area contributed by atoms with Crippen LogP contribution in [0.5, 0.6) is 0 Å². The fourth-order valence-corrected chi connectivity index (χ4v) is 3.25. The maximum Gasteiger partial charge on any atom is 0.327 e. The number of carboxylic acids is 1. The van der Waals surface area contributed by atoms with Gasteiger partial charge < -0.3 is 10.0 Å². The van der Waals surface area contributed by atoms with Crippen molar-refractivity contribution in [3.05, 3.63) is 30.0 Å². The molecule has 6 nitrogen and oxygen atoms in total. The number of carboxylic acid groups (broad SMARTS) is 1. The summed E-state index contributed by atoms with van der Waals surface area (Å²) in [4.78, 5) is 24.9. The van der Waals surface area contributed by atoms with Crippen molar-refractivity contribution in [1.29, 1.82) is 0 Å². The zero-order valence-corrected chi connectivity index (χ0v) is 10.7. The van der Waals surface area contributed by atoms with E-state index in [1.54, 1.807) is 6.07 Å². The molecule has 1 aliphatic heterocycles. The number of hydrogen-bond acceptors (Lipinski definition) is 4. The van der Waals surface area contributed by atoms with Crippen molar-refractivity contribution in [2.45, 2.75) is 6.04 Å². The molecule has 19 heavy (non-hydrogen) atoms. The smallest absolute Gasteiger partial charge is 0.327 e. The number of aromatic nitrogens is 2. The van der Waals surface area contributed by atoms with Crippen molar-refractivity contribution in [3.8, 4) is 0 Å². The number of H-pyrrole nitrogens is 1. The first-order chi connectivity index (χ1) is 9.18. The average Bonchev–Trinajstić information content (AvgIpc) is 3.05. The molecule has 98 valence electrons. The predicted octanol–water partition coefficient (Wildman–Crippen LogP) is 1.16. The van der Waals surface area contributed by atoms with Crippen LogP contribution in [0.15, 0.2) is 24.3 Å². The highest BCUT2D eigenvalue weighted by molar-refractivity contribution is 7.99. The van der Waals surface area contributed by atoms with Crippen molar-refractivity contribution in [2.24, 2.45) is 0 Å². The van der Waals surface area contributed by atoms with Crippen LogP contribution in [0.25, 0.3) is 10.9 Å². The minimum absolute atomic E-state index is 0.282. The zero-order chi connectivity index (χ0) is 13.4. The quantitative estimate of drug-likeness (QED) is 0.860. The van der Waals surface area contributed by atoms with Gasteiger partial charge in [0.25, 0.3) is 5.91 Å². The molecule has 1 amide bonds. The number of benzene rings is 1. The minimum atomic E-state index is -0.974. The van der Waals surface area contributed by atoms with Gasteiger partial charge in [-0.15, -0.1) is 11.8 Å². The van der Waals surface area contributed by atoms with E-state index >= 15 is 0 Å². The number of thioether (sulfide) groups is 1. The van der Waals surface area contributed by atoms with Gasteiger partial charge in [0.05, 0.1) is 11.4 Å². The van der Waals surface area contributed by atoms with E-state index in [0.29, 0.717) is 17.0 Å². The van der Waals surface area contributed by atoms with Gasteiger partial charge in [-0.25, -0.2) is 4.79 Å². The molecule has 1 unspecified atom stereocenters. The molecule has 0 saturated carbocycles. The van der Waals surface area contributed by atoms with E-state index in [9.17, 15) is 9.59 Å². The number of hydrogen-bond donors (Lipinski definition) is 2. The van der Waals surface area contributed by atoms with Crippen LogP contribution in [0.4, 0.5) is 0 Å². The Labute approximate surface area is 112 Å². The minimum Gasteiger partial charge on any atom is -0.480 e. The van der Waals surface area contributed by atoms with E-state index in [1.165, 1.54) is 16.7 Å². The third-order valence-electron chi connectivity index (χ3n) is 3.10. The van der Waals surface area contributed by atoms with Crippen LogP contribution in [0.2, 0.25) is 0 Å². The number of aliphatic carboxylic acids is 1. The number of para-hydroxylation sites is 1. The molecular formula is C12H11N3O3S.